The summed E-state index contributed by atoms with van der Waals surface area (Å²) in [6, 6.07) is 16.0. The van der Waals surface area contributed by atoms with Gasteiger partial charge >= 0.3 is 5.97 Å². The van der Waals surface area contributed by atoms with Gasteiger partial charge in [0.05, 0.1) is 0 Å². The molecule has 6 heteroatoms. The van der Waals surface area contributed by atoms with Crippen molar-refractivity contribution in [3.05, 3.63) is 65.5 Å². The van der Waals surface area contributed by atoms with Gasteiger partial charge in [0, 0.05) is 17.6 Å². The van der Waals surface area contributed by atoms with Gasteiger partial charge in [0.15, 0.2) is 0 Å². The largest absolute Gasteiger partial charge is 0.480 e. The van der Waals surface area contributed by atoms with Crippen molar-refractivity contribution < 1.29 is 19.4 Å². The number of pyridine rings is 1. The molecule has 0 unspecified atom stereocenters. The summed E-state index contributed by atoms with van der Waals surface area (Å²) in [7, 11) is 0. The Hall–Kier alpha value is -3.41. The molecule has 40 heavy (non-hydrogen) atoms. The van der Waals surface area contributed by atoms with E-state index in [0.717, 1.165) is 60.1 Å². The number of benzene rings is 2. The van der Waals surface area contributed by atoms with E-state index in [2.05, 4.69) is 32.9 Å². The van der Waals surface area contributed by atoms with E-state index in [0.29, 0.717) is 24.1 Å². The number of aromatic nitrogens is 1. The summed E-state index contributed by atoms with van der Waals surface area (Å²) >= 11 is 0. The lowest BCUT2D eigenvalue weighted by Gasteiger charge is -2.24. The van der Waals surface area contributed by atoms with E-state index in [1.54, 1.807) is 0 Å². The second-order valence-electron chi connectivity index (χ2n) is 12.8. The van der Waals surface area contributed by atoms with E-state index >= 15 is 0 Å². The summed E-state index contributed by atoms with van der Waals surface area (Å²) in [5, 5.41) is 11.5. The van der Waals surface area contributed by atoms with Crippen LogP contribution in [0.25, 0.3) is 10.8 Å². The van der Waals surface area contributed by atoms with Crippen molar-refractivity contribution in [2.24, 2.45) is 11.8 Å². The third-order valence-corrected chi connectivity index (χ3v) is 8.58. The molecule has 0 spiro atoms. The van der Waals surface area contributed by atoms with Crippen LogP contribution >= 0.6 is 0 Å². The molecular weight excluding hydrogens is 500 g/mol. The van der Waals surface area contributed by atoms with Crippen LogP contribution in [0.1, 0.15) is 93.9 Å². The number of amides is 1. The molecule has 2 aliphatic carbocycles. The maximum absolute atomic E-state index is 13.7. The quantitative estimate of drug-likeness (QED) is 0.299. The lowest BCUT2D eigenvalue weighted by Crippen LogP contribution is -2.39. The standard InChI is InChI=1S/C34H42N2O4/c1-34(2,3)26-13-16-27(17-14-26)40-28-15-12-25-19-31(35-30(29(25)20-28)18-23-8-4-5-9-23)33(39)36(22-32(37)38)21-24-10-6-7-11-24/h12-17,19-20,23-24H,4-11,18,21-22H2,1-3H3,(H,37,38). The van der Waals surface area contributed by atoms with Gasteiger partial charge in [0.25, 0.3) is 5.91 Å². The molecule has 0 bridgehead atoms. The van der Waals surface area contributed by atoms with Crippen LogP contribution in [0.3, 0.4) is 0 Å². The Morgan fingerprint density at radius 1 is 0.900 bits per heavy atom. The number of rotatable bonds is 9. The van der Waals surface area contributed by atoms with Crippen LogP contribution in [0.5, 0.6) is 11.5 Å². The Morgan fingerprint density at radius 2 is 1.52 bits per heavy atom. The number of carboxylic acid groups (broad SMARTS) is 1. The topological polar surface area (TPSA) is 79.7 Å². The number of carbonyl (C=O) groups excluding carboxylic acids is 1. The predicted octanol–water partition coefficient (Wildman–Crippen LogP) is 7.77. The Morgan fingerprint density at radius 3 is 2.15 bits per heavy atom. The van der Waals surface area contributed by atoms with Crippen LogP contribution in [-0.4, -0.2) is 40.0 Å². The first-order valence-corrected chi connectivity index (χ1v) is 14.9. The summed E-state index contributed by atoms with van der Waals surface area (Å²) in [6.45, 7) is 6.76. The first kappa shape index (κ1) is 28.1. The van der Waals surface area contributed by atoms with Crippen molar-refractivity contribution in [2.45, 2.75) is 84.0 Å². The summed E-state index contributed by atoms with van der Waals surface area (Å²) in [5.74, 6) is 1.14. The molecule has 1 heterocycles. The molecule has 2 aromatic carbocycles. The van der Waals surface area contributed by atoms with Crippen LogP contribution in [0.4, 0.5) is 0 Å². The van der Waals surface area contributed by atoms with E-state index in [-0.39, 0.29) is 17.9 Å². The van der Waals surface area contributed by atoms with Gasteiger partial charge in [0.2, 0.25) is 0 Å². The van der Waals surface area contributed by atoms with Crippen molar-refractivity contribution in [1.82, 2.24) is 9.88 Å². The van der Waals surface area contributed by atoms with Gasteiger partial charge in [0.1, 0.15) is 23.7 Å². The molecule has 2 saturated carbocycles. The maximum Gasteiger partial charge on any atom is 0.323 e. The average Bonchev–Trinajstić information content (AvgIpc) is 3.62. The molecule has 0 radical (unpaired) electrons. The Balaban J connectivity index is 1.46. The normalized spacial score (nSPS) is 16.5. The number of aliphatic carboxylic acids is 1. The van der Waals surface area contributed by atoms with E-state index < -0.39 is 5.97 Å². The molecule has 1 N–H and O–H groups in total. The second kappa shape index (κ2) is 12.0. The fourth-order valence-corrected chi connectivity index (χ4v) is 6.32. The van der Waals surface area contributed by atoms with Gasteiger partial charge < -0.3 is 14.7 Å². The number of carboxylic acids is 1. The van der Waals surface area contributed by atoms with Gasteiger partial charge in [-0.3, -0.25) is 9.59 Å². The zero-order valence-corrected chi connectivity index (χ0v) is 24.1. The molecule has 2 fully saturated rings. The van der Waals surface area contributed by atoms with Crippen LogP contribution in [0.15, 0.2) is 48.5 Å². The lowest BCUT2D eigenvalue weighted by molar-refractivity contribution is -0.137. The molecule has 6 nitrogen and oxygen atoms in total. The minimum Gasteiger partial charge on any atom is -0.480 e. The van der Waals surface area contributed by atoms with Crippen LogP contribution in [0.2, 0.25) is 0 Å². The number of hydrogen-bond donors (Lipinski definition) is 1. The highest BCUT2D eigenvalue weighted by molar-refractivity contribution is 5.98. The van der Waals surface area contributed by atoms with Crippen molar-refractivity contribution in [2.75, 3.05) is 13.1 Å². The molecule has 5 rings (SSSR count). The Bertz CT molecular complexity index is 1350. The SMILES string of the molecule is CC(C)(C)c1ccc(Oc2ccc3cc(C(=O)N(CC(=O)O)CC4CCCC4)nc(CC4CCCC4)c3c2)cc1. The van der Waals surface area contributed by atoms with Crippen molar-refractivity contribution in [3.63, 3.8) is 0 Å². The van der Waals surface area contributed by atoms with E-state index in [4.69, 9.17) is 9.72 Å². The van der Waals surface area contributed by atoms with Crippen LogP contribution in [-0.2, 0) is 16.6 Å². The molecule has 2 aliphatic rings. The van der Waals surface area contributed by atoms with Crippen molar-refractivity contribution in [3.8, 4) is 11.5 Å². The van der Waals surface area contributed by atoms with Gasteiger partial charge in [-0.15, -0.1) is 0 Å². The number of nitrogens with zero attached hydrogens (tertiary/aromatic N) is 2. The molecular formula is C34H42N2O4. The maximum atomic E-state index is 13.7. The number of ether oxygens (including phenoxy) is 1. The zero-order valence-electron chi connectivity index (χ0n) is 24.1. The smallest absolute Gasteiger partial charge is 0.323 e. The first-order valence-electron chi connectivity index (χ1n) is 14.9. The minimum atomic E-state index is -0.990. The Kier molecular flexibility index (Phi) is 8.43. The summed E-state index contributed by atoms with van der Waals surface area (Å²) in [4.78, 5) is 31.7. The lowest BCUT2D eigenvalue weighted by atomic mass is 9.87. The van der Waals surface area contributed by atoms with Crippen LogP contribution < -0.4 is 4.74 Å². The molecule has 212 valence electrons. The van der Waals surface area contributed by atoms with Gasteiger partial charge in [-0.1, -0.05) is 77.5 Å². The van der Waals surface area contributed by atoms with Crippen LogP contribution in [0, 0.1) is 11.8 Å². The van der Waals surface area contributed by atoms with E-state index in [9.17, 15) is 14.7 Å². The van der Waals surface area contributed by atoms with Crippen molar-refractivity contribution in [1.29, 1.82) is 0 Å². The number of carbonyl (C=O) groups is 2. The average molecular weight is 543 g/mol. The summed E-state index contributed by atoms with van der Waals surface area (Å²) < 4.78 is 6.24. The number of fused-ring (bicyclic) bond motifs is 1. The highest BCUT2D eigenvalue weighted by atomic mass is 16.5. The van der Waals surface area contributed by atoms with Gasteiger partial charge in [-0.05, 0) is 77.8 Å². The number of hydrogen-bond acceptors (Lipinski definition) is 4. The molecule has 3 aromatic rings. The summed E-state index contributed by atoms with van der Waals surface area (Å²) in [5.41, 5.74) is 2.57. The first-order chi connectivity index (χ1) is 19.2. The summed E-state index contributed by atoms with van der Waals surface area (Å²) in [6.07, 6.45) is 9.99. The molecule has 1 amide bonds. The highest BCUT2D eigenvalue weighted by Crippen LogP contribution is 2.34. The third kappa shape index (κ3) is 6.83. The molecule has 0 atom stereocenters. The third-order valence-electron chi connectivity index (χ3n) is 8.58. The molecule has 1 aromatic heterocycles. The van der Waals surface area contributed by atoms with Crippen molar-refractivity contribution >= 4 is 22.6 Å². The fourth-order valence-electron chi connectivity index (χ4n) is 6.32. The zero-order chi connectivity index (χ0) is 28.3. The molecule has 0 aliphatic heterocycles. The monoisotopic (exact) mass is 542 g/mol. The minimum absolute atomic E-state index is 0.0780. The van der Waals surface area contributed by atoms with E-state index in [1.165, 1.54) is 36.1 Å². The molecule has 0 saturated heterocycles. The predicted molar refractivity (Wildman–Crippen MR) is 158 cm³/mol. The van der Waals surface area contributed by atoms with Gasteiger partial charge in [-0.25, -0.2) is 4.98 Å². The Labute approximate surface area is 237 Å². The fraction of sp³-hybridized carbons (Fsp3) is 0.500. The van der Waals surface area contributed by atoms with Gasteiger partial charge in [-0.2, -0.15) is 0 Å². The van der Waals surface area contributed by atoms with E-state index in [1.807, 2.05) is 36.4 Å². The highest BCUT2D eigenvalue weighted by Gasteiger charge is 2.27. The second-order valence-corrected chi connectivity index (χ2v) is 12.8.